The normalized spacial score (nSPS) is 13.5. The molecule has 0 saturated carbocycles. The first-order valence-electron chi connectivity index (χ1n) is 10.3. The van der Waals surface area contributed by atoms with Gasteiger partial charge >= 0.3 is 6.01 Å². The number of hydrogen-bond acceptors (Lipinski definition) is 7. The van der Waals surface area contributed by atoms with Crippen molar-refractivity contribution >= 4 is 5.91 Å². The van der Waals surface area contributed by atoms with E-state index in [-0.39, 0.29) is 11.9 Å². The molecular weight excluding hydrogens is 410 g/mol. The van der Waals surface area contributed by atoms with E-state index in [1.54, 1.807) is 31.3 Å². The highest BCUT2D eigenvalue weighted by Gasteiger charge is 2.24. The number of aromatic nitrogens is 2. The highest BCUT2D eigenvalue weighted by Crippen LogP contribution is 2.34. The number of morpholine rings is 1. The van der Waals surface area contributed by atoms with E-state index in [9.17, 15) is 4.79 Å². The zero-order valence-corrected chi connectivity index (χ0v) is 18.3. The van der Waals surface area contributed by atoms with Crippen LogP contribution in [-0.2, 0) is 4.74 Å². The summed E-state index contributed by atoms with van der Waals surface area (Å²) in [7, 11) is 3.14. The summed E-state index contributed by atoms with van der Waals surface area (Å²) in [4.78, 5) is 23.9. The predicted octanol–water partition coefficient (Wildman–Crippen LogP) is 3.73. The van der Waals surface area contributed by atoms with Crippen LogP contribution in [0.2, 0.25) is 0 Å². The van der Waals surface area contributed by atoms with Crippen molar-refractivity contribution in [3.8, 4) is 34.5 Å². The summed E-state index contributed by atoms with van der Waals surface area (Å²) < 4.78 is 22.0. The number of nitrogens with zero attached hydrogens (tertiary/aromatic N) is 3. The minimum atomic E-state index is -0.153. The molecule has 0 bridgehead atoms. The minimum absolute atomic E-state index is 0.150. The fourth-order valence-electron chi connectivity index (χ4n) is 3.42. The fraction of sp³-hybridized carbons (Fsp3) is 0.292. The van der Waals surface area contributed by atoms with E-state index in [1.807, 2.05) is 37.3 Å². The number of benzene rings is 2. The Morgan fingerprint density at radius 2 is 1.72 bits per heavy atom. The van der Waals surface area contributed by atoms with Crippen LogP contribution in [0.15, 0.2) is 48.7 Å². The maximum atomic E-state index is 13.3. The Bertz CT molecular complexity index is 1100. The van der Waals surface area contributed by atoms with Crippen LogP contribution in [0, 0.1) is 6.92 Å². The van der Waals surface area contributed by atoms with Gasteiger partial charge < -0.3 is 23.8 Å². The Kier molecular flexibility index (Phi) is 6.51. The lowest BCUT2D eigenvalue weighted by Gasteiger charge is -2.27. The largest absolute Gasteiger partial charge is 0.493 e. The van der Waals surface area contributed by atoms with Gasteiger partial charge in [-0.05, 0) is 37.3 Å². The molecule has 166 valence electrons. The Hall–Kier alpha value is -3.65. The van der Waals surface area contributed by atoms with Crippen molar-refractivity contribution in [2.45, 2.75) is 6.92 Å². The van der Waals surface area contributed by atoms with Crippen molar-refractivity contribution in [2.24, 2.45) is 0 Å². The van der Waals surface area contributed by atoms with Gasteiger partial charge in [-0.3, -0.25) is 4.79 Å². The third-order valence-corrected chi connectivity index (χ3v) is 5.18. The number of carbonyl (C=O) groups excluding carboxylic acids is 1. The second kappa shape index (κ2) is 9.65. The van der Waals surface area contributed by atoms with Crippen molar-refractivity contribution in [3.63, 3.8) is 0 Å². The molecule has 1 fully saturated rings. The van der Waals surface area contributed by atoms with Gasteiger partial charge in [-0.1, -0.05) is 17.7 Å². The standard InChI is InChI=1S/C24H25N3O5/c1-16-4-7-18(8-5-16)32-24-25-15-19(23(28)27-10-12-31-13-11-27)22(26-24)17-6-9-20(29-2)21(14-17)30-3/h4-9,14-15H,10-13H2,1-3H3. The summed E-state index contributed by atoms with van der Waals surface area (Å²) in [6.07, 6.45) is 1.51. The van der Waals surface area contributed by atoms with E-state index in [4.69, 9.17) is 18.9 Å². The molecule has 0 atom stereocenters. The fourth-order valence-corrected chi connectivity index (χ4v) is 3.42. The number of ether oxygens (including phenoxy) is 4. The van der Waals surface area contributed by atoms with Gasteiger partial charge in [-0.15, -0.1) is 0 Å². The first kappa shape index (κ1) is 21.6. The highest BCUT2D eigenvalue weighted by atomic mass is 16.5. The summed E-state index contributed by atoms with van der Waals surface area (Å²) >= 11 is 0. The first-order chi connectivity index (χ1) is 15.6. The molecule has 0 aliphatic carbocycles. The van der Waals surface area contributed by atoms with Gasteiger partial charge in [0.25, 0.3) is 5.91 Å². The molecule has 1 aliphatic heterocycles. The van der Waals surface area contributed by atoms with Crippen molar-refractivity contribution < 1.29 is 23.7 Å². The number of rotatable bonds is 6. The summed E-state index contributed by atoms with van der Waals surface area (Å²) in [6, 6.07) is 13.1. The molecule has 1 aromatic heterocycles. The van der Waals surface area contributed by atoms with Crippen LogP contribution in [0.1, 0.15) is 15.9 Å². The van der Waals surface area contributed by atoms with Crippen LogP contribution in [0.25, 0.3) is 11.3 Å². The lowest BCUT2D eigenvalue weighted by Crippen LogP contribution is -2.41. The topological polar surface area (TPSA) is 83.0 Å². The maximum absolute atomic E-state index is 13.3. The second-order valence-corrected chi connectivity index (χ2v) is 7.30. The number of amides is 1. The molecule has 0 spiro atoms. The Balaban J connectivity index is 1.75. The highest BCUT2D eigenvalue weighted by molar-refractivity contribution is 5.99. The van der Waals surface area contributed by atoms with Crippen LogP contribution >= 0.6 is 0 Å². The summed E-state index contributed by atoms with van der Waals surface area (Å²) in [5.74, 6) is 1.58. The molecule has 0 unspecified atom stereocenters. The number of hydrogen-bond donors (Lipinski definition) is 0. The molecule has 4 rings (SSSR count). The molecule has 0 N–H and O–H groups in total. The number of methoxy groups -OCH3 is 2. The van der Waals surface area contributed by atoms with E-state index in [1.165, 1.54) is 6.20 Å². The summed E-state index contributed by atoms with van der Waals surface area (Å²) in [5, 5.41) is 0. The third-order valence-electron chi connectivity index (χ3n) is 5.18. The summed E-state index contributed by atoms with van der Waals surface area (Å²) in [5.41, 5.74) is 2.65. The zero-order chi connectivity index (χ0) is 22.5. The molecular formula is C24H25N3O5. The van der Waals surface area contributed by atoms with Gasteiger partial charge in [0.1, 0.15) is 5.75 Å². The predicted molar refractivity (Wildman–Crippen MR) is 119 cm³/mol. The average molecular weight is 435 g/mol. The van der Waals surface area contributed by atoms with Crippen LogP contribution in [0.4, 0.5) is 0 Å². The number of carbonyl (C=O) groups is 1. The van der Waals surface area contributed by atoms with Gasteiger partial charge in [-0.2, -0.15) is 4.98 Å². The zero-order valence-electron chi connectivity index (χ0n) is 18.3. The maximum Gasteiger partial charge on any atom is 0.322 e. The molecule has 2 aromatic carbocycles. The Morgan fingerprint density at radius 1 is 1.00 bits per heavy atom. The quantitative estimate of drug-likeness (QED) is 0.583. The average Bonchev–Trinajstić information content (AvgIpc) is 2.85. The van der Waals surface area contributed by atoms with Gasteiger partial charge in [0, 0.05) is 24.8 Å². The molecule has 2 heterocycles. The lowest BCUT2D eigenvalue weighted by molar-refractivity contribution is 0.0303. The molecule has 32 heavy (non-hydrogen) atoms. The SMILES string of the molecule is COc1ccc(-c2nc(Oc3ccc(C)cc3)ncc2C(=O)N2CCOCC2)cc1OC. The van der Waals surface area contributed by atoms with Crippen molar-refractivity contribution in [1.82, 2.24) is 14.9 Å². The monoisotopic (exact) mass is 435 g/mol. The van der Waals surface area contributed by atoms with E-state index in [0.717, 1.165) is 5.56 Å². The minimum Gasteiger partial charge on any atom is -0.493 e. The van der Waals surface area contributed by atoms with Crippen LogP contribution in [-0.4, -0.2) is 61.3 Å². The van der Waals surface area contributed by atoms with E-state index in [0.29, 0.717) is 60.4 Å². The van der Waals surface area contributed by atoms with Crippen LogP contribution in [0.3, 0.4) is 0 Å². The molecule has 1 amide bonds. The van der Waals surface area contributed by atoms with E-state index >= 15 is 0 Å². The molecule has 1 aliphatic rings. The van der Waals surface area contributed by atoms with Crippen LogP contribution < -0.4 is 14.2 Å². The lowest BCUT2D eigenvalue weighted by atomic mass is 10.1. The molecule has 3 aromatic rings. The van der Waals surface area contributed by atoms with Crippen molar-refractivity contribution in [2.75, 3.05) is 40.5 Å². The molecule has 0 radical (unpaired) electrons. The molecule has 8 nitrogen and oxygen atoms in total. The van der Waals surface area contributed by atoms with Gasteiger partial charge in [0.05, 0.1) is 38.7 Å². The molecule has 8 heteroatoms. The van der Waals surface area contributed by atoms with E-state index in [2.05, 4.69) is 9.97 Å². The van der Waals surface area contributed by atoms with Gasteiger partial charge in [-0.25, -0.2) is 4.98 Å². The first-order valence-corrected chi connectivity index (χ1v) is 10.3. The second-order valence-electron chi connectivity index (χ2n) is 7.30. The van der Waals surface area contributed by atoms with Crippen molar-refractivity contribution in [1.29, 1.82) is 0 Å². The van der Waals surface area contributed by atoms with Crippen molar-refractivity contribution in [3.05, 3.63) is 59.8 Å². The third kappa shape index (κ3) is 4.65. The van der Waals surface area contributed by atoms with E-state index < -0.39 is 0 Å². The van der Waals surface area contributed by atoms with Gasteiger partial charge in [0.2, 0.25) is 0 Å². The van der Waals surface area contributed by atoms with Gasteiger partial charge in [0.15, 0.2) is 11.5 Å². The molecule has 1 saturated heterocycles. The number of aryl methyl sites for hydroxylation is 1. The smallest absolute Gasteiger partial charge is 0.322 e. The Labute approximate surface area is 186 Å². The Morgan fingerprint density at radius 3 is 2.41 bits per heavy atom. The summed E-state index contributed by atoms with van der Waals surface area (Å²) in [6.45, 7) is 4.05. The van der Waals surface area contributed by atoms with Crippen LogP contribution in [0.5, 0.6) is 23.3 Å².